The van der Waals surface area contributed by atoms with Crippen LogP contribution in [-0.2, 0) is 4.79 Å². The summed E-state index contributed by atoms with van der Waals surface area (Å²) in [6.45, 7) is 3.61. The van der Waals surface area contributed by atoms with E-state index in [4.69, 9.17) is 0 Å². The fourth-order valence-corrected chi connectivity index (χ4v) is 0.360. The van der Waals surface area contributed by atoms with Crippen LogP contribution in [0.4, 0.5) is 0 Å². The van der Waals surface area contributed by atoms with Crippen LogP contribution in [0.5, 0.6) is 0 Å². The Morgan fingerprint density at radius 3 is 2.30 bits per heavy atom. The molecule has 0 bridgehead atoms. The molecular weight excluding hydrogens is 128 g/mol. The minimum atomic E-state index is -0.0637. The molecule has 0 aliphatic heterocycles. The lowest BCUT2D eigenvalue weighted by Gasteiger charge is -2.09. The molecule has 0 aliphatic carbocycles. The van der Waals surface area contributed by atoms with Crippen LogP contribution >= 0.6 is 0 Å². The molecular formula is C7H14N2O. The summed E-state index contributed by atoms with van der Waals surface area (Å²) in [4.78, 5) is 16.3. The summed E-state index contributed by atoms with van der Waals surface area (Å²) in [7, 11) is 3.73. The monoisotopic (exact) mass is 142 g/mol. The predicted molar refractivity (Wildman–Crippen MR) is 42.1 cm³/mol. The highest BCUT2D eigenvalue weighted by molar-refractivity contribution is 5.92. The van der Waals surface area contributed by atoms with E-state index >= 15 is 0 Å². The molecule has 0 spiro atoms. The molecule has 0 N–H and O–H groups in total. The Labute approximate surface area is 61.7 Å². The van der Waals surface area contributed by atoms with Crippen LogP contribution in [0.1, 0.15) is 20.3 Å². The fourth-order valence-electron chi connectivity index (χ4n) is 0.360. The zero-order valence-electron chi connectivity index (χ0n) is 7.01. The summed E-state index contributed by atoms with van der Waals surface area (Å²) in [6, 6.07) is 0. The summed E-state index contributed by atoms with van der Waals surface area (Å²) in [5.41, 5.74) is 0. The summed E-state index contributed by atoms with van der Waals surface area (Å²) in [5.74, 6) is 0.693. The van der Waals surface area contributed by atoms with Gasteiger partial charge >= 0.3 is 0 Å². The quantitative estimate of drug-likeness (QED) is 0.402. The van der Waals surface area contributed by atoms with Crippen LogP contribution < -0.4 is 0 Å². The minimum absolute atomic E-state index is 0.0637. The number of aliphatic imine (C=N–C) groups is 1. The standard InChI is InChI=1S/C7H14N2O/c1-5-7(10)8-6(2)9(3)4/h5H2,1-4H3/b8-6-. The molecule has 0 saturated heterocycles. The summed E-state index contributed by atoms with van der Waals surface area (Å²) >= 11 is 0. The van der Waals surface area contributed by atoms with Gasteiger partial charge in [-0.25, -0.2) is 4.99 Å². The smallest absolute Gasteiger partial charge is 0.247 e. The molecule has 0 atom stereocenters. The topological polar surface area (TPSA) is 32.7 Å². The first-order valence-corrected chi connectivity index (χ1v) is 3.33. The van der Waals surface area contributed by atoms with Gasteiger partial charge in [-0.3, -0.25) is 4.79 Å². The lowest BCUT2D eigenvalue weighted by atomic mass is 10.4. The largest absolute Gasteiger partial charge is 0.366 e. The lowest BCUT2D eigenvalue weighted by Crippen LogP contribution is -2.19. The number of rotatable bonds is 1. The van der Waals surface area contributed by atoms with Gasteiger partial charge in [0.05, 0.1) is 0 Å². The lowest BCUT2D eigenvalue weighted by molar-refractivity contribution is -0.117. The van der Waals surface area contributed by atoms with E-state index < -0.39 is 0 Å². The maximum Gasteiger partial charge on any atom is 0.247 e. The molecule has 0 rings (SSSR count). The molecule has 0 saturated carbocycles. The van der Waals surface area contributed by atoms with Crippen molar-refractivity contribution >= 4 is 11.7 Å². The molecule has 0 aromatic heterocycles. The van der Waals surface area contributed by atoms with E-state index in [2.05, 4.69) is 4.99 Å². The number of carbonyl (C=O) groups excluding carboxylic acids is 1. The van der Waals surface area contributed by atoms with E-state index in [1.54, 1.807) is 6.92 Å². The highest BCUT2D eigenvalue weighted by atomic mass is 16.1. The van der Waals surface area contributed by atoms with Crippen molar-refractivity contribution in [2.45, 2.75) is 20.3 Å². The molecule has 10 heavy (non-hydrogen) atoms. The minimum Gasteiger partial charge on any atom is -0.366 e. The van der Waals surface area contributed by atoms with Gasteiger partial charge in [0.15, 0.2) is 0 Å². The molecule has 0 heterocycles. The second-order valence-corrected chi connectivity index (χ2v) is 2.30. The fraction of sp³-hybridized carbons (Fsp3) is 0.714. The van der Waals surface area contributed by atoms with E-state index in [0.717, 1.165) is 5.84 Å². The van der Waals surface area contributed by atoms with Gasteiger partial charge in [0, 0.05) is 20.5 Å². The number of hydrogen-bond donors (Lipinski definition) is 0. The summed E-state index contributed by atoms with van der Waals surface area (Å²) in [6.07, 6.45) is 0.477. The first-order valence-electron chi connectivity index (χ1n) is 3.33. The molecule has 0 aliphatic rings. The van der Waals surface area contributed by atoms with E-state index in [-0.39, 0.29) is 5.91 Å². The van der Waals surface area contributed by atoms with Gasteiger partial charge in [0.1, 0.15) is 5.84 Å². The molecule has 58 valence electrons. The molecule has 1 amide bonds. The van der Waals surface area contributed by atoms with Crippen molar-refractivity contribution < 1.29 is 4.79 Å². The van der Waals surface area contributed by atoms with Crippen LogP contribution in [0.25, 0.3) is 0 Å². The number of nitrogens with zero attached hydrogens (tertiary/aromatic N) is 2. The highest BCUT2D eigenvalue weighted by Gasteiger charge is 1.96. The Bertz CT molecular complexity index is 150. The Balaban J connectivity index is 4.03. The van der Waals surface area contributed by atoms with Crippen molar-refractivity contribution in [3.8, 4) is 0 Å². The van der Waals surface area contributed by atoms with E-state index in [0.29, 0.717) is 6.42 Å². The SMILES string of the molecule is CCC(=O)/N=C(/C)N(C)C. The maximum absolute atomic E-state index is 10.7. The molecule has 0 radical (unpaired) electrons. The molecule has 0 aromatic rings. The van der Waals surface area contributed by atoms with Crippen LogP contribution in [-0.4, -0.2) is 30.7 Å². The average Bonchev–Trinajstić information content (AvgIpc) is 1.87. The van der Waals surface area contributed by atoms with Crippen LogP contribution in [0, 0.1) is 0 Å². The molecule has 0 unspecified atom stereocenters. The molecule has 3 nitrogen and oxygen atoms in total. The van der Waals surface area contributed by atoms with Crippen LogP contribution in [0.15, 0.2) is 4.99 Å². The maximum atomic E-state index is 10.7. The molecule has 0 fully saturated rings. The predicted octanol–water partition coefficient (Wildman–Crippen LogP) is 0.903. The van der Waals surface area contributed by atoms with Crippen molar-refractivity contribution in [1.82, 2.24) is 4.90 Å². The number of hydrogen-bond acceptors (Lipinski definition) is 1. The first kappa shape index (κ1) is 9.14. The molecule has 0 aromatic carbocycles. The zero-order valence-corrected chi connectivity index (χ0v) is 7.01. The Morgan fingerprint density at radius 2 is 2.00 bits per heavy atom. The third-order valence-electron chi connectivity index (χ3n) is 1.24. The third-order valence-corrected chi connectivity index (χ3v) is 1.24. The Morgan fingerprint density at radius 1 is 1.50 bits per heavy atom. The van der Waals surface area contributed by atoms with Crippen molar-refractivity contribution in [1.29, 1.82) is 0 Å². The summed E-state index contributed by atoms with van der Waals surface area (Å²) in [5, 5.41) is 0. The number of amidine groups is 1. The van der Waals surface area contributed by atoms with Crippen LogP contribution in [0.3, 0.4) is 0 Å². The van der Waals surface area contributed by atoms with Gasteiger partial charge in [-0.05, 0) is 6.92 Å². The van der Waals surface area contributed by atoms with Crippen molar-refractivity contribution in [3.05, 3.63) is 0 Å². The second kappa shape index (κ2) is 4.04. The van der Waals surface area contributed by atoms with E-state index in [9.17, 15) is 4.79 Å². The van der Waals surface area contributed by atoms with Gasteiger partial charge in [0.25, 0.3) is 0 Å². The first-order chi connectivity index (χ1) is 4.57. The summed E-state index contributed by atoms with van der Waals surface area (Å²) < 4.78 is 0. The zero-order chi connectivity index (χ0) is 8.15. The highest BCUT2D eigenvalue weighted by Crippen LogP contribution is 1.87. The van der Waals surface area contributed by atoms with E-state index in [1.165, 1.54) is 0 Å². The Hall–Kier alpha value is -0.860. The number of carbonyl (C=O) groups is 1. The van der Waals surface area contributed by atoms with Gasteiger partial charge in [-0.1, -0.05) is 6.92 Å². The Kier molecular flexibility index (Phi) is 3.69. The van der Waals surface area contributed by atoms with Crippen molar-refractivity contribution in [2.24, 2.45) is 4.99 Å². The van der Waals surface area contributed by atoms with Gasteiger partial charge < -0.3 is 4.90 Å². The van der Waals surface area contributed by atoms with Crippen molar-refractivity contribution in [3.63, 3.8) is 0 Å². The third kappa shape index (κ3) is 3.22. The second-order valence-electron chi connectivity index (χ2n) is 2.30. The van der Waals surface area contributed by atoms with Gasteiger partial charge in [-0.2, -0.15) is 0 Å². The van der Waals surface area contributed by atoms with Gasteiger partial charge in [0.2, 0.25) is 5.91 Å². The van der Waals surface area contributed by atoms with E-state index in [1.807, 2.05) is 25.9 Å². The van der Waals surface area contributed by atoms with Crippen LogP contribution in [0.2, 0.25) is 0 Å². The average molecular weight is 142 g/mol. The van der Waals surface area contributed by atoms with Crippen molar-refractivity contribution in [2.75, 3.05) is 14.1 Å². The normalized spacial score (nSPS) is 11.4. The van der Waals surface area contributed by atoms with Gasteiger partial charge in [-0.15, -0.1) is 0 Å². The number of amides is 1. The molecule has 3 heteroatoms.